The molecule has 17 heavy (non-hydrogen) atoms. The van der Waals surface area contributed by atoms with E-state index in [2.05, 4.69) is 24.3 Å². The van der Waals surface area contributed by atoms with Gasteiger partial charge in [0.25, 0.3) is 0 Å². The molecule has 0 spiro atoms. The fraction of sp³-hybridized carbons (Fsp3) is 0.533. The fourth-order valence-electron chi connectivity index (χ4n) is 1.72. The van der Waals surface area contributed by atoms with Crippen molar-refractivity contribution in [1.29, 1.82) is 0 Å². The Morgan fingerprint density at radius 2 is 1.71 bits per heavy atom. The van der Waals surface area contributed by atoms with Crippen LogP contribution in [-0.4, -0.2) is 19.0 Å². The van der Waals surface area contributed by atoms with Gasteiger partial charge in [-0.25, -0.2) is 0 Å². The van der Waals surface area contributed by atoms with E-state index in [4.69, 9.17) is 4.74 Å². The Hall–Kier alpha value is -1.15. The molecule has 0 amide bonds. The average Bonchev–Trinajstić information content (AvgIpc) is 2.33. The first kappa shape index (κ1) is 13.9. The molecule has 2 heteroatoms. The smallest absolute Gasteiger partial charge is 0.130 e. The van der Waals surface area contributed by atoms with Crippen molar-refractivity contribution in [2.45, 2.75) is 39.5 Å². The van der Waals surface area contributed by atoms with Crippen LogP contribution in [0.15, 0.2) is 24.3 Å². The van der Waals surface area contributed by atoms with Crippen molar-refractivity contribution in [2.24, 2.45) is 0 Å². The Kier molecular flexibility index (Phi) is 6.56. The van der Waals surface area contributed by atoms with Crippen LogP contribution in [0, 0.1) is 0 Å². The zero-order valence-corrected chi connectivity index (χ0v) is 10.9. The zero-order valence-electron chi connectivity index (χ0n) is 10.9. The largest absolute Gasteiger partial charge is 0.382 e. The maximum Gasteiger partial charge on any atom is 0.130 e. The van der Waals surface area contributed by atoms with E-state index in [1.165, 1.54) is 11.1 Å². The molecule has 0 radical (unpaired) electrons. The predicted octanol–water partition coefficient (Wildman–Crippen LogP) is 3.18. The van der Waals surface area contributed by atoms with Gasteiger partial charge >= 0.3 is 0 Å². The second-order valence-electron chi connectivity index (χ2n) is 4.32. The van der Waals surface area contributed by atoms with Crippen molar-refractivity contribution in [3.05, 3.63) is 35.4 Å². The van der Waals surface area contributed by atoms with E-state index >= 15 is 0 Å². The molecule has 0 saturated carbocycles. The molecule has 0 heterocycles. The normalized spacial score (nSPS) is 10.5. The van der Waals surface area contributed by atoms with E-state index < -0.39 is 0 Å². The Labute approximate surface area is 104 Å². The molecule has 0 aliphatic heterocycles. The van der Waals surface area contributed by atoms with Crippen LogP contribution in [0.2, 0.25) is 0 Å². The van der Waals surface area contributed by atoms with Crippen LogP contribution in [0.25, 0.3) is 0 Å². The highest BCUT2D eigenvalue weighted by atomic mass is 16.5. The third-order valence-corrected chi connectivity index (χ3v) is 2.75. The molecule has 0 fully saturated rings. The third-order valence-electron chi connectivity index (χ3n) is 2.75. The van der Waals surface area contributed by atoms with Crippen LogP contribution in [-0.2, 0) is 22.4 Å². The number of hydrogen-bond acceptors (Lipinski definition) is 2. The fourth-order valence-corrected chi connectivity index (χ4v) is 1.72. The standard InChI is InChI=1S/C15H22O2/c1-3-17-12-4-5-14-8-10-15(11-9-14)7-6-13(2)16/h8-11H,3-7,12H2,1-2H3. The van der Waals surface area contributed by atoms with Gasteiger partial charge in [0.05, 0.1) is 0 Å². The number of ketones is 1. The monoisotopic (exact) mass is 234 g/mol. The van der Waals surface area contributed by atoms with Crippen molar-refractivity contribution < 1.29 is 9.53 Å². The summed E-state index contributed by atoms with van der Waals surface area (Å²) in [5.74, 6) is 0.255. The van der Waals surface area contributed by atoms with E-state index in [1.807, 2.05) is 6.92 Å². The molecular weight excluding hydrogens is 212 g/mol. The van der Waals surface area contributed by atoms with Crippen LogP contribution < -0.4 is 0 Å². The van der Waals surface area contributed by atoms with Crippen molar-refractivity contribution in [1.82, 2.24) is 0 Å². The molecule has 0 aliphatic rings. The van der Waals surface area contributed by atoms with Gasteiger partial charge < -0.3 is 9.53 Å². The summed E-state index contributed by atoms with van der Waals surface area (Å²) in [6.45, 7) is 5.29. The average molecular weight is 234 g/mol. The predicted molar refractivity (Wildman–Crippen MR) is 70.3 cm³/mol. The molecule has 0 aromatic heterocycles. The van der Waals surface area contributed by atoms with Crippen LogP contribution >= 0.6 is 0 Å². The maximum absolute atomic E-state index is 10.9. The molecule has 1 aromatic carbocycles. The molecule has 0 bridgehead atoms. The van der Waals surface area contributed by atoms with Crippen molar-refractivity contribution >= 4 is 5.78 Å². The number of Topliss-reactive ketones (excluding diaryl/α,β-unsaturated/α-hetero) is 1. The Bertz CT molecular complexity index is 327. The zero-order chi connectivity index (χ0) is 12.5. The SMILES string of the molecule is CCOCCCc1ccc(CCC(C)=O)cc1. The van der Waals surface area contributed by atoms with Crippen molar-refractivity contribution in [3.8, 4) is 0 Å². The number of benzene rings is 1. The van der Waals surface area contributed by atoms with E-state index in [-0.39, 0.29) is 5.78 Å². The highest BCUT2D eigenvalue weighted by Gasteiger charge is 1.98. The summed E-state index contributed by atoms with van der Waals surface area (Å²) >= 11 is 0. The lowest BCUT2D eigenvalue weighted by atomic mass is 10.0. The van der Waals surface area contributed by atoms with Crippen LogP contribution in [0.1, 0.15) is 37.8 Å². The number of ether oxygens (including phenoxy) is 1. The maximum atomic E-state index is 10.9. The summed E-state index contributed by atoms with van der Waals surface area (Å²) in [6.07, 6.45) is 3.63. The highest BCUT2D eigenvalue weighted by Crippen LogP contribution is 2.09. The number of hydrogen-bond donors (Lipinski definition) is 0. The van der Waals surface area contributed by atoms with Gasteiger partial charge in [0, 0.05) is 19.6 Å². The molecule has 0 atom stereocenters. The van der Waals surface area contributed by atoms with Gasteiger partial charge in [0.15, 0.2) is 0 Å². The summed E-state index contributed by atoms with van der Waals surface area (Å²) in [4.78, 5) is 10.9. The lowest BCUT2D eigenvalue weighted by Gasteiger charge is -2.04. The molecule has 1 aromatic rings. The van der Waals surface area contributed by atoms with Crippen LogP contribution in [0.4, 0.5) is 0 Å². The first-order valence-electron chi connectivity index (χ1n) is 6.37. The number of carbonyl (C=O) groups is 1. The lowest BCUT2D eigenvalue weighted by Crippen LogP contribution is -1.97. The molecular formula is C15H22O2. The van der Waals surface area contributed by atoms with E-state index in [0.717, 1.165) is 32.5 Å². The van der Waals surface area contributed by atoms with Gasteiger partial charge in [0.1, 0.15) is 5.78 Å². The third kappa shape index (κ3) is 6.22. The summed E-state index contributed by atoms with van der Waals surface area (Å²) in [7, 11) is 0. The van der Waals surface area contributed by atoms with Gasteiger partial charge in [-0.05, 0) is 44.2 Å². The first-order valence-corrected chi connectivity index (χ1v) is 6.37. The van der Waals surface area contributed by atoms with E-state index in [0.29, 0.717) is 6.42 Å². The lowest BCUT2D eigenvalue weighted by molar-refractivity contribution is -0.116. The van der Waals surface area contributed by atoms with Gasteiger partial charge in [-0.15, -0.1) is 0 Å². The summed E-state index contributed by atoms with van der Waals surface area (Å²) in [5, 5.41) is 0. The minimum atomic E-state index is 0.255. The Morgan fingerprint density at radius 3 is 2.24 bits per heavy atom. The van der Waals surface area contributed by atoms with Gasteiger partial charge in [-0.1, -0.05) is 24.3 Å². The Balaban J connectivity index is 2.31. The topological polar surface area (TPSA) is 26.3 Å². The number of carbonyl (C=O) groups excluding carboxylic acids is 1. The molecule has 0 unspecified atom stereocenters. The van der Waals surface area contributed by atoms with Gasteiger partial charge in [-0.2, -0.15) is 0 Å². The van der Waals surface area contributed by atoms with E-state index in [1.54, 1.807) is 6.92 Å². The quantitative estimate of drug-likeness (QED) is 0.646. The summed E-state index contributed by atoms with van der Waals surface area (Å²) in [5.41, 5.74) is 2.59. The van der Waals surface area contributed by atoms with Crippen molar-refractivity contribution in [2.75, 3.05) is 13.2 Å². The molecule has 0 saturated heterocycles. The molecule has 1 rings (SSSR count). The van der Waals surface area contributed by atoms with Crippen LogP contribution in [0.3, 0.4) is 0 Å². The number of aryl methyl sites for hydroxylation is 2. The summed E-state index contributed by atoms with van der Waals surface area (Å²) in [6, 6.07) is 8.56. The van der Waals surface area contributed by atoms with Gasteiger partial charge in [0.2, 0.25) is 0 Å². The second kappa shape index (κ2) is 8.02. The molecule has 94 valence electrons. The summed E-state index contributed by atoms with van der Waals surface area (Å²) < 4.78 is 5.31. The van der Waals surface area contributed by atoms with Crippen molar-refractivity contribution in [3.63, 3.8) is 0 Å². The number of rotatable bonds is 8. The highest BCUT2D eigenvalue weighted by molar-refractivity contribution is 5.75. The molecule has 2 nitrogen and oxygen atoms in total. The minimum absolute atomic E-state index is 0.255. The van der Waals surface area contributed by atoms with Gasteiger partial charge in [-0.3, -0.25) is 0 Å². The second-order valence-corrected chi connectivity index (χ2v) is 4.32. The van der Waals surface area contributed by atoms with E-state index in [9.17, 15) is 4.79 Å². The molecule has 0 aliphatic carbocycles. The molecule has 0 N–H and O–H groups in total. The Morgan fingerprint density at radius 1 is 1.12 bits per heavy atom. The minimum Gasteiger partial charge on any atom is -0.382 e. The van der Waals surface area contributed by atoms with Crippen LogP contribution in [0.5, 0.6) is 0 Å². The first-order chi connectivity index (χ1) is 8.22.